The fourth-order valence-corrected chi connectivity index (χ4v) is 11.2. The summed E-state index contributed by atoms with van der Waals surface area (Å²) in [7, 11) is 0. The Bertz CT molecular complexity index is 1280. The van der Waals surface area contributed by atoms with Crippen LogP contribution in [0.25, 0.3) is 0 Å². The summed E-state index contributed by atoms with van der Waals surface area (Å²) >= 11 is 0. The molecule has 466 valence electrons. The van der Waals surface area contributed by atoms with Crippen LogP contribution in [0.5, 0.6) is 0 Å². The number of carbonyl (C=O) groups is 2. The first kappa shape index (κ1) is 77.1. The summed E-state index contributed by atoms with van der Waals surface area (Å²) in [6.07, 6.45) is 87.9. The van der Waals surface area contributed by atoms with Crippen molar-refractivity contribution in [3.8, 4) is 0 Å². The van der Waals surface area contributed by atoms with Gasteiger partial charge in [-0.1, -0.05) is 333 Å². The van der Waals surface area contributed by atoms with Gasteiger partial charge in [-0.15, -0.1) is 0 Å². The number of rotatable bonds is 67. The fourth-order valence-electron chi connectivity index (χ4n) is 11.2. The molecule has 6 nitrogen and oxygen atoms in total. The topological polar surface area (TPSA) is 95.9 Å². The molecule has 0 rings (SSSR count). The molecule has 0 aromatic heterocycles. The number of hydrogen-bond donors (Lipinski definition) is 3. The number of unbranched alkanes of at least 4 members (excludes halogenated alkanes) is 52. The van der Waals surface area contributed by atoms with Crippen molar-refractivity contribution in [2.75, 3.05) is 13.2 Å². The first-order chi connectivity index (χ1) is 39.0. The monoisotopic (exact) mass is 1110 g/mol. The Morgan fingerprint density at radius 1 is 0.342 bits per heavy atom. The van der Waals surface area contributed by atoms with Crippen LogP contribution in [0, 0.1) is 0 Å². The normalized spacial score (nSPS) is 12.7. The smallest absolute Gasteiger partial charge is 0.305 e. The molecule has 0 aliphatic heterocycles. The molecule has 0 aromatic carbocycles. The Morgan fingerprint density at radius 2 is 0.595 bits per heavy atom. The van der Waals surface area contributed by atoms with Gasteiger partial charge in [0, 0.05) is 12.8 Å². The van der Waals surface area contributed by atoms with Gasteiger partial charge in [0.15, 0.2) is 0 Å². The molecule has 0 radical (unpaired) electrons. The summed E-state index contributed by atoms with van der Waals surface area (Å²) in [5, 5.41) is 23.2. The number of allylic oxidation sites excluding steroid dienone is 5. The molecule has 0 aliphatic rings. The molecular weight excluding hydrogens is 971 g/mol. The standard InChI is InChI=1S/C73H139NO5/c1-3-5-7-9-11-13-15-17-19-21-35-39-43-47-51-55-59-63-67-73(78)79-68-64-60-56-52-48-44-40-36-32-30-28-26-24-22-23-25-27-29-31-34-38-42-46-50-54-58-62-66-72(77)74-70(69-75)71(76)65-61-57-53-49-45-41-37-33-20-18-16-14-12-10-8-6-4-2/h19,21-23,61,65,70-71,75-76H,3-18,20,24-60,62-64,66-69H2,1-2H3,(H,74,77)/b21-19-,23-22-,65-61+. The average Bonchev–Trinajstić information content (AvgIpc) is 3.45. The van der Waals surface area contributed by atoms with Crippen LogP contribution >= 0.6 is 0 Å². The molecule has 0 aromatic rings. The Balaban J connectivity index is 3.39. The number of aliphatic hydroxyl groups excluding tert-OH is 2. The van der Waals surface area contributed by atoms with Gasteiger partial charge in [-0.3, -0.25) is 9.59 Å². The first-order valence-corrected chi connectivity index (χ1v) is 35.8. The maximum Gasteiger partial charge on any atom is 0.305 e. The van der Waals surface area contributed by atoms with E-state index in [9.17, 15) is 19.8 Å². The predicted molar refractivity (Wildman–Crippen MR) is 347 cm³/mol. The number of amides is 1. The summed E-state index contributed by atoms with van der Waals surface area (Å²) in [5.74, 6) is -0.0538. The van der Waals surface area contributed by atoms with Crippen LogP contribution < -0.4 is 5.32 Å². The van der Waals surface area contributed by atoms with Crippen molar-refractivity contribution in [1.29, 1.82) is 0 Å². The van der Waals surface area contributed by atoms with Crippen molar-refractivity contribution >= 4 is 11.9 Å². The predicted octanol–water partition coefficient (Wildman–Crippen LogP) is 23.1. The maximum absolute atomic E-state index is 12.5. The Kier molecular flexibility index (Phi) is 66.9. The highest BCUT2D eigenvalue weighted by Gasteiger charge is 2.18. The number of ether oxygens (including phenoxy) is 1. The van der Waals surface area contributed by atoms with Crippen molar-refractivity contribution in [3.05, 3.63) is 36.5 Å². The fraction of sp³-hybridized carbons (Fsp3) is 0.890. The summed E-state index contributed by atoms with van der Waals surface area (Å²) in [6.45, 7) is 4.93. The molecule has 0 saturated carbocycles. The van der Waals surface area contributed by atoms with Crippen molar-refractivity contribution in [3.63, 3.8) is 0 Å². The molecule has 0 fully saturated rings. The van der Waals surface area contributed by atoms with Gasteiger partial charge in [-0.2, -0.15) is 0 Å². The minimum absolute atomic E-state index is 0.0123. The first-order valence-electron chi connectivity index (χ1n) is 35.8. The van der Waals surface area contributed by atoms with Crippen LogP contribution in [0.15, 0.2) is 36.5 Å². The van der Waals surface area contributed by atoms with Crippen LogP contribution in [0.3, 0.4) is 0 Å². The second-order valence-electron chi connectivity index (χ2n) is 24.6. The summed E-state index contributed by atoms with van der Waals surface area (Å²) in [6, 6.07) is -0.629. The molecule has 0 saturated heterocycles. The summed E-state index contributed by atoms with van der Waals surface area (Å²) < 4.78 is 5.50. The Hall–Kier alpha value is -1.92. The van der Waals surface area contributed by atoms with Crippen molar-refractivity contribution in [2.24, 2.45) is 0 Å². The highest BCUT2D eigenvalue weighted by atomic mass is 16.5. The SMILES string of the molecule is CCCCCCCCC/C=C\CCCCCCCCCC(=O)OCCCCCCCCCCCCCC/C=C\CCCCCCCCCCCCCC(=O)NC(CO)C(O)/C=C/CCCCCCCCCCCCCCCCC. The van der Waals surface area contributed by atoms with E-state index in [1.165, 1.54) is 321 Å². The van der Waals surface area contributed by atoms with E-state index < -0.39 is 12.1 Å². The van der Waals surface area contributed by atoms with E-state index in [0.717, 1.165) is 44.9 Å². The van der Waals surface area contributed by atoms with Gasteiger partial charge >= 0.3 is 5.97 Å². The molecular formula is C73H139NO5. The lowest BCUT2D eigenvalue weighted by molar-refractivity contribution is -0.143. The van der Waals surface area contributed by atoms with Gasteiger partial charge in [0.2, 0.25) is 5.91 Å². The lowest BCUT2D eigenvalue weighted by atomic mass is 10.0. The van der Waals surface area contributed by atoms with Crippen molar-refractivity contribution in [1.82, 2.24) is 5.32 Å². The Morgan fingerprint density at radius 3 is 0.899 bits per heavy atom. The molecule has 0 bridgehead atoms. The van der Waals surface area contributed by atoms with Crippen LogP contribution in [0.2, 0.25) is 0 Å². The third-order valence-corrected chi connectivity index (χ3v) is 16.6. The molecule has 3 N–H and O–H groups in total. The highest BCUT2D eigenvalue weighted by Crippen LogP contribution is 2.18. The number of nitrogens with one attached hydrogen (secondary N) is 1. The lowest BCUT2D eigenvalue weighted by Gasteiger charge is -2.20. The van der Waals surface area contributed by atoms with E-state index in [1.807, 2.05) is 6.08 Å². The second-order valence-corrected chi connectivity index (χ2v) is 24.6. The van der Waals surface area contributed by atoms with E-state index in [1.54, 1.807) is 6.08 Å². The van der Waals surface area contributed by atoms with Crippen molar-refractivity contribution < 1.29 is 24.5 Å². The van der Waals surface area contributed by atoms with E-state index in [0.29, 0.717) is 19.4 Å². The Labute approximate surface area is 494 Å². The van der Waals surface area contributed by atoms with Crippen LogP contribution in [0.1, 0.15) is 393 Å². The average molecular weight is 1110 g/mol. The van der Waals surface area contributed by atoms with Crippen LogP contribution in [0.4, 0.5) is 0 Å². The molecule has 2 atom stereocenters. The minimum Gasteiger partial charge on any atom is -0.466 e. The molecule has 0 spiro atoms. The van der Waals surface area contributed by atoms with Crippen LogP contribution in [-0.2, 0) is 14.3 Å². The van der Waals surface area contributed by atoms with E-state index in [-0.39, 0.29) is 18.5 Å². The van der Waals surface area contributed by atoms with E-state index >= 15 is 0 Å². The molecule has 1 amide bonds. The van der Waals surface area contributed by atoms with Gasteiger partial charge in [0.05, 0.1) is 25.4 Å². The van der Waals surface area contributed by atoms with E-state index in [4.69, 9.17) is 4.74 Å². The number of hydrogen-bond acceptors (Lipinski definition) is 5. The number of carbonyl (C=O) groups excluding carboxylic acids is 2. The second kappa shape index (κ2) is 68.6. The van der Waals surface area contributed by atoms with Gasteiger partial charge in [-0.05, 0) is 83.5 Å². The lowest BCUT2D eigenvalue weighted by Crippen LogP contribution is -2.45. The quantitative estimate of drug-likeness (QED) is 0.0320. The van der Waals surface area contributed by atoms with Gasteiger partial charge in [0.25, 0.3) is 0 Å². The van der Waals surface area contributed by atoms with Crippen LogP contribution in [-0.4, -0.2) is 47.4 Å². The number of esters is 1. The largest absolute Gasteiger partial charge is 0.466 e. The molecule has 2 unspecified atom stereocenters. The molecule has 0 heterocycles. The number of aliphatic hydroxyl groups is 2. The third-order valence-electron chi connectivity index (χ3n) is 16.6. The molecule has 79 heavy (non-hydrogen) atoms. The zero-order chi connectivity index (χ0) is 57.1. The maximum atomic E-state index is 12.5. The minimum atomic E-state index is -0.846. The third kappa shape index (κ3) is 65.1. The summed E-state index contributed by atoms with van der Waals surface area (Å²) in [4.78, 5) is 24.6. The van der Waals surface area contributed by atoms with Gasteiger partial charge in [-0.25, -0.2) is 0 Å². The van der Waals surface area contributed by atoms with E-state index in [2.05, 4.69) is 43.5 Å². The molecule has 6 heteroatoms. The highest BCUT2D eigenvalue weighted by molar-refractivity contribution is 5.76. The van der Waals surface area contributed by atoms with Gasteiger partial charge in [0.1, 0.15) is 0 Å². The molecule has 0 aliphatic carbocycles. The zero-order valence-electron chi connectivity index (χ0n) is 53.4. The summed E-state index contributed by atoms with van der Waals surface area (Å²) in [5.41, 5.74) is 0. The van der Waals surface area contributed by atoms with Gasteiger partial charge < -0.3 is 20.3 Å². The zero-order valence-corrected chi connectivity index (χ0v) is 53.4. The van der Waals surface area contributed by atoms with Crippen molar-refractivity contribution in [2.45, 2.75) is 405 Å².